The van der Waals surface area contributed by atoms with Crippen molar-refractivity contribution in [2.24, 2.45) is 5.92 Å². The fourth-order valence-electron chi connectivity index (χ4n) is 2.82. The van der Waals surface area contributed by atoms with E-state index in [2.05, 4.69) is 10.0 Å². The van der Waals surface area contributed by atoms with Gasteiger partial charge in [0.25, 0.3) is 0 Å². The number of unbranched alkanes of at least 4 members (excludes halogenated alkanes) is 1. The molecule has 5 nitrogen and oxygen atoms in total. The number of anilines is 1. The Morgan fingerprint density at radius 3 is 2.65 bits per heavy atom. The van der Waals surface area contributed by atoms with Crippen molar-refractivity contribution >= 4 is 21.6 Å². The summed E-state index contributed by atoms with van der Waals surface area (Å²) in [5, 5.41) is 2.86. The van der Waals surface area contributed by atoms with E-state index in [1.165, 1.54) is 12.5 Å². The molecule has 1 saturated carbocycles. The standard InChI is InChI=1S/C17H26N2O3S/c1-2-3-12-18-23(21,22)16-11-7-10-15(13-16)19-17(20)14-8-5-4-6-9-14/h7,10-11,13-14,18H,2-6,8-9,12H2,1H3,(H,19,20). The third-order valence-electron chi connectivity index (χ3n) is 4.21. The van der Waals surface area contributed by atoms with E-state index in [0.29, 0.717) is 12.2 Å². The lowest BCUT2D eigenvalue weighted by molar-refractivity contribution is -0.120. The molecule has 0 atom stereocenters. The molecule has 0 spiro atoms. The zero-order valence-corrected chi connectivity index (χ0v) is 14.5. The molecule has 128 valence electrons. The van der Waals surface area contributed by atoms with E-state index in [1.54, 1.807) is 18.2 Å². The van der Waals surface area contributed by atoms with Crippen LogP contribution in [0.1, 0.15) is 51.9 Å². The Bertz CT molecular complexity index is 622. The molecule has 2 rings (SSSR count). The molecule has 0 unspecified atom stereocenters. The van der Waals surface area contributed by atoms with Crippen LogP contribution in [0.25, 0.3) is 0 Å². The van der Waals surface area contributed by atoms with Crippen LogP contribution in [0.3, 0.4) is 0 Å². The molecule has 0 saturated heterocycles. The van der Waals surface area contributed by atoms with Crippen LogP contribution in [-0.4, -0.2) is 20.9 Å². The van der Waals surface area contributed by atoms with E-state index in [9.17, 15) is 13.2 Å². The fraction of sp³-hybridized carbons (Fsp3) is 0.588. The summed E-state index contributed by atoms with van der Waals surface area (Å²) < 4.78 is 27.0. The summed E-state index contributed by atoms with van der Waals surface area (Å²) in [5.74, 6) is 0.0462. The minimum Gasteiger partial charge on any atom is -0.326 e. The van der Waals surface area contributed by atoms with Gasteiger partial charge in [0.1, 0.15) is 0 Å². The monoisotopic (exact) mass is 338 g/mol. The van der Waals surface area contributed by atoms with Gasteiger partial charge in [-0.15, -0.1) is 0 Å². The lowest BCUT2D eigenvalue weighted by Crippen LogP contribution is -2.26. The SMILES string of the molecule is CCCCNS(=O)(=O)c1cccc(NC(=O)C2CCCCC2)c1. The van der Waals surface area contributed by atoms with Gasteiger partial charge >= 0.3 is 0 Å². The molecule has 0 aromatic heterocycles. The van der Waals surface area contributed by atoms with E-state index in [0.717, 1.165) is 38.5 Å². The highest BCUT2D eigenvalue weighted by Gasteiger charge is 2.21. The quantitative estimate of drug-likeness (QED) is 0.749. The first-order valence-corrected chi connectivity index (χ1v) is 9.92. The van der Waals surface area contributed by atoms with Gasteiger partial charge in [0.15, 0.2) is 0 Å². The average Bonchev–Trinajstić information content (AvgIpc) is 2.56. The summed E-state index contributed by atoms with van der Waals surface area (Å²) in [4.78, 5) is 12.5. The third-order valence-corrected chi connectivity index (χ3v) is 5.67. The highest BCUT2D eigenvalue weighted by Crippen LogP contribution is 2.25. The fourth-order valence-corrected chi connectivity index (χ4v) is 3.94. The van der Waals surface area contributed by atoms with Crippen LogP contribution in [0.15, 0.2) is 29.2 Å². The van der Waals surface area contributed by atoms with Gasteiger partial charge in [0.05, 0.1) is 4.90 Å². The van der Waals surface area contributed by atoms with Gasteiger partial charge in [-0.3, -0.25) is 4.79 Å². The molecule has 0 aliphatic heterocycles. The van der Waals surface area contributed by atoms with Crippen LogP contribution in [0, 0.1) is 5.92 Å². The summed E-state index contributed by atoms with van der Waals surface area (Å²) in [5.41, 5.74) is 0.541. The molecule has 1 fully saturated rings. The van der Waals surface area contributed by atoms with Crippen molar-refractivity contribution in [1.82, 2.24) is 4.72 Å². The number of amides is 1. The lowest BCUT2D eigenvalue weighted by Gasteiger charge is -2.20. The number of sulfonamides is 1. The molecule has 6 heteroatoms. The Morgan fingerprint density at radius 2 is 1.96 bits per heavy atom. The second-order valence-electron chi connectivity index (χ2n) is 6.10. The minimum atomic E-state index is -3.52. The van der Waals surface area contributed by atoms with E-state index in [-0.39, 0.29) is 16.7 Å². The zero-order chi connectivity index (χ0) is 16.7. The summed E-state index contributed by atoms with van der Waals surface area (Å²) in [7, 11) is -3.52. The van der Waals surface area contributed by atoms with Gasteiger partial charge in [0, 0.05) is 18.2 Å². The number of rotatable bonds is 7. The maximum Gasteiger partial charge on any atom is 0.240 e. The lowest BCUT2D eigenvalue weighted by atomic mass is 9.88. The maximum atomic E-state index is 12.3. The Morgan fingerprint density at radius 1 is 1.22 bits per heavy atom. The highest BCUT2D eigenvalue weighted by atomic mass is 32.2. The molecule has 1 aliphatic carbocycles. The first kappa shape index (κ1) is 17.9. The second kappa shape index (κ2) is 8.45. The van der Waals surface area contributed by atoms with Gasteiger partial charge in [-0.05, 0) is 37.5 Å². The average molecular weight is 338 g/mol. The van der Waals surface area contributed by atoms with Crippen LogP contribution in [0.2, 0.25) is 0 Å². The van der Waals surface area contributed by atoms with E-state index in [1.807, 2.05) is 6.92 Å². The molecule has 2 N–H and O–H groups in total. The molecule has 1 aliphatic rings. The first-order valence-electron chi connectivity index (χ1n) is 8.43. The van der Waals surface area contributed by atoms with Crippen molar-refractivity contribution in [3.05, 3.63) is 24.3 Å². The van der Waals surface area contributed by atoms with Crippen LogP contribution in [0.4, 0.5) is 5.69 Å². The zero-order valence-electron chi connectivity index (χ0n) is 13.7. The summed E-state index contributed by atoms with van der Waals surface area (Å²) in [6.07, 6.45) is 6.95. The number of hydrogen-bond donors (Lipinski definition) is 2. The Balaban J connectivity index is 2.02. The molecule has 1 aromatic rings. The predicted octanol–water partition coefficient (Wildman–Crippen LogP) is 3.28. The Hall–Kier alpha value is -1.40. The van der Waals surface area contributed by atoms with Crippen molar-refractivity contribution < 1.29 is 13.2 Å². The molecule has 0 radical (unpaired) electrons. The van der Waals surface area contributed by atoms with Crippen LogP contribution < -0.4 is 10.0 Å². The normalized spacial score (nSPS) is 16.2. The molecule has 1 amide bonds. The number of nitrogens with one attached hydrogen (secondary N) is 2. The van der Waals surface area contributed by atoms with E-state index >= 15 is 0 Å². The van der Waals surface area contributed by atoms with Crippen LogP contribution >= 0.6 is 0 Å². The van der Waals surface area contributed by atoms with Crippen molar-refractivity contribution in [2.75, 3.05) is 11.9 Å². The molecular weight excluding hydrogens is 312 g/mol. The van der Waals surface area contributed by atoms with Gasteiger partial charge in [-0.25, -0.2) is 13.1 Å². The number of benzene rings is 1. The van der Waals surface area contributed by atoms with Crippen molar-refractivity contribution in [3.8, 4) is 0 Å². The van der Waals surface area contributed by atoms with Gasteiger partial charge < -0.3 is 5.32 Å². The predicted molar refractivity (Wildman–Crippen MR) is 91.7 cm³/mol. The highest BCUT2D eigenvalue weighted by molar-refractivity contribution is 7.89. The maximum absolute atomic E-state index is 12.3. The second-order valence-corrected chi connectivity index (χ2v) is 7.87. The van der Waals surface area contributed by atoms with Gasteiger partial charge in [0.2, 0.25) is 15.9 Å². The smallest absolute Gasteiger partial charge is 0.240 e. The molecule has 1 aromatic carbocycles. The minimum absolute atomic E-state index is 0.00168. The van der Waals surface area contributed by atoms with Crippen molar-refractivity contribution in [3.63, 3.8) is 0 Å². The van der Waals surface area contributed by atoms with E-state index < -0.39 is 10.0 Å². The van der Waals surface area contributed by atoms with Crippen LogP contribution in [-0.2, 0) is 14.8 Å². The summed E-state index contributed by atoms with van der Waals surface area (Å²) in [6.45, 7) is 2.44. The molecular formula is C17H26N2O3S. The number of carbonyl (C=O) groups excluding carboxylic acids is 1. The molecule has 23 heavy (non-hydrogen) atoms. The summed E-state index contributed by atoms with van der Waals surface area (Å²) >= 11 is 0. The number of hydrogen-bond acceptors (Lipinski definition) is 3. The Kier molecular flexibility index (Phi) is 6.59. The van der Waals surface area contributed by atoms with Gasteiger partial charge in [-0.2, -0.15) is 0 Å². The van der Waals surface area contributed by atoms with Crippen molar-refractivity contribution in [1.29, 1.82) is 0 Å². The largest absolute Gasteiger partial charge is 0.326 e. The third kappa shape index (κ3) is 5.32. The topological polar surface area (TPSA) is 75.3 Å². The van der Waals surface area contributed by atoms with Crippen LogP contribution in [0.5, 0.6) is 0 Å². The summed E-state index contributed by atoms with van der Waals surface area (Å²) in [6, 6.07) is 6.45. The Labute approximate surface area is 138 Å². The molecule has 0 heterocycles. The molecule has 0 bridgehead atoms. The number of carbonyl (C=O) groups is 1. The van der Waals surface area contributed by atoms with Crippen molar-refractivity contribution in [2.45, 2.75) is 56.8 Å². The first-order chi connectivity index (χ1) is 11.0. The van der Waals surface area contributed by atoms with Gasteiger partial charge in [-0.1, -0.05) is 38.7 Å². The van der Waals surface area contributed by atoms with E-state index in [4.69, 9.17) is 0 Å².